The minimum Gasteiger partial charge on any atom is -0.326 e. The van der Waals surface area contributed by atoms with Crippen molar-refractivity contribution in [2.24, 2.45) is 13.0 Å². The van der Waals surface area contributed by atoms with Gasteiger partial charge in [-0.2, -0.15) is 0 Å². The summed E-state index contributed by atoms with van der Waals surface area (Å²) in [6.45, 7) is 1.88. The molecule has 1 fully saturated rings. The minimum atomic E-state index is -0.277. The molecule has 1 aromatic heterocycles. The molecule has 6 heteroatoms. The lowest BCUT2D eigenvalue weighted by Crippen LogP contribution is -2.39. The Balaban J connectivity index is 1.98. The number of benzene rings is 1. The first kappa shape index (κ1) is 17.5. The molecule has 0 bridgehead atoms. The molecule has 1 saturated carbocycles. The SMILES string of the molecule is CC(=O)Nc1ccc2c(c1)c(=O)n(CCC1CCCCC1)c(=O)n2C. The van der Waals surface area contributed by atoms with Gasteiger partial charge in [-0.15, -0.1) is 0 Å². The molecular formula is C19H25N3O3. The van der Waals surface area contributed by atoms with Crippen molar-refractivity contribution in [2.45, 2.75) is 52.0 Å². The summed E-state index contributed by atoms with van der Waals surface area (Å²) in [5, 5.41) is 3.14. The quantitative estimate of drug-likeness (QED) is 0.927. The molecule has 3 rings (SSSR count). The summed E-state index contributed by atoms with van der Waals surface area (Å²) in [4.78, 5) is 36.7. The minimum absolute atomic E-state index is 0.193. The summed E-state index contributed by atoms with van der Waals surface area (Å²) < 4.78 is 2.85. The van der Waals surface area contributed by atoms with Crippen molar-refractivity contribution in [3.63, 3.8) is 0 Å². The lowest BCUT2D eigenvalue weighted by Gasteiger charge is -2.21. The number of nitrogens with one attached hydrogen (secondary N) is 1. The van der Waals surface area contributed by atoms with Crippen molar-refractivity contribution in [3.05, 3.63) is 39.0 Å². The fourth-order valence-electron chi connectivity index (χ4n) is 3.78. The Bertz CT molecular complexity index is 904. The standard InChI is InChI=1S/C19H25N3O3/c1-13(23)20-15-8-9-17-16(12-15)18(24)22(19(25)21(17)2)11-10-14-6-4-3-5-7-14/h8-9,12,14H,3-7,10-11H2,1-2H3,(H,20,23). The van der Waals surface area contributed by atoms with Crippen LogP contribution in [0, 0.1) is 5.92 Å². The third-order valence-corrected chi connectivity index (χ3v) is 5.16. The molecule has 1 aliphatic rings. The fourth-order valence-corrected chi connectivity index (χ4v) is 3.78. The average Bonchev–Trinajstić information content (AvgIpc) is 2.60. The second-order valence-corrected chi connectivity index (χ2v) is 7.00. The Morgan fingerprint density at radius 1 is 1.20 bits per heavy atom. The van der Waals surface area contributed by atoms with E-state index in [1.807, 2.05) is 0 Å². The first-order chi connectivity index (χ1) is 12.0. The third kappa shape index (κ3) is 3.67. The lowest BCUT2D eigenvalue weighted by atomic mass is 9.87. The van der Waals surface area contributed by atoms with E-state index < -0.39 is 0 Å². The largest absolute Gasteiger partial charge is 0.331 e. The number of anilines is 1. The average molecular weight is 343 g/mol. The molecule has 1 aromatic carbocycles. The summed E-state index contributed by atoms with van der Waals surface area (Å²) in [6.07, 6.45) is 7.03. The number of fused-ring (bicyclic) bond motifs is 1. The van der Waals surface area contributed by atoms with Crippen molar-refractivity contribution in [3.8, 4) is 0 Å². The highest BCUT2D eigenvalue weighted by Crippen LogP contribution is 2.26. The summed E-state index contributed by atoms with van der Waals surface area (Å²) in [5.74, 6) is 0.411. The molecule has 0 atom stereocenters. The van der Waals surface area contributed by atoms with Crippen molar-refractivity contribution in [1.82, 2.24) is 9.13 Å². The summed E-state index contributed by atoms with van der Waals surface area (Å²) >= 11 is 0. The highest BCUT2D eigenvalue weighted by Gasteiger charge is 2.16. The normalized spacial score (nSPS) is 15.4. The summed E-state index contributed by atoms with van der Waals surface area (Å²) in [7, 11) is 1.68. The number of hydrogen-bond acceptors (Lipinski definition) is 3. The number of aromatic nitrogens is 2. The van der Waals surface area contributed by atoms with Crippen molar-refractivity contribution >= 4 is 22.5 Å². The van der Waals surface area contributed by atoms with Crippen LogP contribution in [0.3, 0.4) is 0 Å². The summed E-state index contributed by atoms with van der Waals surface area (Å²) in [6, 6.07) is 5.06. The van der Waals surface area contributed by atoms with Gasteiger partial charge in [-0.1, -0.05) is 32.1 Å². The van der Waals surface area contributed by atoms with Crippen LogP contribution in [0.4, 0.5) is 5.69 Å². The molecule has 0 aliphatic heterocycles. The van der Waals surface area contributed by atoms with Crippen LogP contribution >= 0.6 is 0 Å². The molecule has 0 unspecified atom stereocenters. The zero-order valence-electron chi connectivity index (χ0n) is 14.9. The van der Waals surface area contributed by atoms with Gasteiger partial charge in [-0.05, 0) is 30.5 Å². The predicted octanol–water partition coefficient (Wildman–Crippen LogP) is 2.63. The van der Waals surface area contributed by atoms with Crippen LogP contribution in [0.25, 0.3) is 10.9 Å². The topological polar surface area (TPSA) is 73.1 Å². The Hall–Kier alpha value is -2.37. The van der Waals surface area contributed by atoms with E-state index in [1.165, 1.54) is 48.2 Å². The van der Waals surface area contributed by atoms with Gasteiger partial charge in [-0.3, -0.25) is 18.7 Å². The monoisotopic (exact) mass is 343 g/mol. The van der Waals surface area contributed by atoms with Crippen molar-refractivity contribution in [1.29, 1.82) is 0 Å². The number of amides is 1. The molecule has 25 heavy (non-hydrogen) atoms. The number of hydrogen-bond donors (Lipinski definition) is 1. The van der Waals surface area contributed by atoms with E-state index in [4.69, 9.17) is 0 Å². The smallest absolute Gasteiger partial charge is 0.326 e. The highest BCUT2D eigenvalue weighted by atomic mass is 16.2. The molecule has 1 aliphatic carbocycles. The zero-order chi connectivity index (χ0) is 18.0. The van der Waals surface area contributed by atoms with Gasteiger partial charge in [-0.25, -0.2) is 4.79 Å². The van der Waals surface area contributed by atoms with Crippen LogP contribution in [0.5, 0.6) is 0 Å². The third-order valence-electron chi connectivity index (χ3n) is 5.16. The van der Waals surface area contributed by atoms with Crippen LogP contribution in [-0.4, -0.2) is 15.0 Å². The molecule has 1 amide bonds. The molecule has 134 valence electrons. The Morgan fingerprint density at radius 2 is 1.92 bits per heavy atom. The maximum atomic E-state index is 12.8. The van der Waals surface area contributed by atoms with E-state index in [9.17, 15) is 14.4 Å². The van der Waals surface area contributed by atoms with Gasteiger partial charge in [0.15, 0.2) is 0 Å². The second-order valence-electron chi connectivity index (χ2n) is 7.00. The zero-order valence-corrected chi connectivity index (χ0v) is 14.9. The molecule has 0 saturated heterocycles. The van der Waals surface area contributed by atoms with Crippen LogP contribution in [0.15, 0.2) is 27.8 Å². The summed E-state index contributed by atoms with van der Waals surface area (Å²) in [5.41, 5.74) is 0.592. The Morgan fingerprint density at radius 3 is 2.60 bits per heavy atom. The van der Waals surface area contributed by atoms with Gasteiger partial charge in [0.05, 0.1) is 10.9 Å². The molecule has 1 N–H and O–H groups in total. The molecule has 0 radical (unpaired) electrons. The first-order valence-electron chi connectivity index (χ1n) is 8.98. The van der Waals surface area contributed by atoms with Crippen LogP contribution in [-0.2, 0) is 18.4 Å². The van der Waals surface area contributed by atoms with E-state index in [0.29, 0.717) is 29.1 Å². The van der Waals surface area contributed by atoms with Crippen molar-refractivity contribution in [2.75, 3.05) is 5.32 Å². The first-order valence-corrected chi connectivity index (χ1v) is 8.98. The van der Waals surface area contributed by atoms with Crippen molar-refractivity contribution < 1.29 is 4.79 Å². The number of rotatable bonds is 4. The molecule has 2 aromatic rings. The van der Waals surface area contributed by atoms with E-state index in [0.717, 1.165) is 6.42 Å². The van der Waals surface area contributed by atoms with E-state index in [-0.39, 0.29) is 17.2 Å². The fraction of sp³-hybridized carbons (Fsp3) is 0.526. The van der Waals surface area contributed by atoms with E-state index in [1.54, 1.807) is 25.2 Å². The maximum absolute atomic E-state index is 12.8. The molecule has 1 heterocycles. The van der Waals surface area contributed by atoms with Crippen LogP contribution in [0.1, 0.15) is 45.4 Å². The maximum Gasteiger partial charge on any atom is 0.331 e. The Kier molecular flexibility index (Phi) is 5.06. The molecule has 0 spiro atoms. The lowest BCUT2D eigenvalue weighted by molar-refractivity contribution is -0.114. The highest BCUT2D eigenvalue weighted by molar-refractivity contribution is 5.92. The van der Waals surface area contributed by atoms with Gasteiger partial charge in [0.2, 0.25) is 5.91 Å². The van der Waals surface area contributed by atoms with Crippen LogP contribution < -0.4 is 16.6 Å². The van der Waals surface area contributed by atoms with Gasteiger partial charge in [0, 0.05) is 26.2 Å². The second kappa shape index (κ2) is 7.25. The van der Waals surface area contributed by atoms with E-state index in [2.05, 4.69) is 5.32 Å². The number of carbonyl (C=O) groups excluding carboxylic acids is 1. The predicted molar refractivity (Wildman–Crippen MR) is 98.9 cm³/mol. The number of carbonyl (C=O) groups is 1. The van der Waals surface area contributed by atoms with Gasteiger partial charge in [0.1, 0.15) is 0 Å². The van der Waals surface area contributed by atoms with Gasteiger partial charge in [0.25, 0.3) is 5.56 Å². The molecule has 6 nitrogen and oxygen atoms in total. The number of aryl methyl sites for hydroxylation is 1. The molecular weight excluding hydrogens is 318 g/mol. The van der Waals surface area contributed by atoms with Crippen LogP contribution in [0.2, 0.25) is 0 Å². The Labute approximate surface area is 146 Å². The van der Waals surface area contributed by atoms with Gasteiger partial charge < -0.3 is 5.32 Å². The number of nitrogens with zero attached hydrogens (tertiary/aromatic N) is 2. The van der Waals surface area contributed by atoms with E-state index >= 15 is 0 Å². The van der Waals surface area contributed by atoms with Gasteiger partial charge >= 0.3 is 5.69 Å².